The lowest BCUT2D eigenvalue weighted by Crippen LogP contribution is -2.22. The van der Waals surface area contributed by atoms with Crippen LogP contribution in [0.5, 0.6) is 0 Å². The first-order chi connectivity index (χ1) is 10.3. The molecule has 0 fully saturated rings. The Bertz CT molecular complexity index is 636. The van der Waals surface area contributed by atoms with Gasteiger partial charge in [0, 0.05) is 31.4 Å². The van der Waals surface area contributed by atoms with Crippen LogP contribution >= 0.6 is 0 Å². The van der Waals surface area contributed by atoms with E-state index in [-0.39, 0.29) is 5.91 Å². The Morgan fingerprint density at radius 2 is 2.19 bits per heavy atom. The molecule has 0 radical (unpaired) electrons. The first-order valence-electron chi connectivity index (χ1n) is 6.72. The minimum atomic E-state index is -0.126. The smallest absolute Gasteiger partial charge is 0.243 e. The predicted molar refractivity (Wildman–Crippen MR) is 80.1 cm³/mol. The quantitative estimate of drug-likeness (QED) is 0.627. The van der Waals surface area contributed by atoms with Crippen LogP contribution in [0, 0.1) is 11.3 Å². The standard InChI is InChI=1S/C16H16N4O/c17-12-14-5-3-13(4-6-14)7-8-16(21)20-9-1-2-15-18-10-11-19-15/h3-8,10-11H,1-2,9H2,(H,18,19)(H,20,21)/b8-7+. The molecule has 0 atom stereocenters. The predicted octanol–water partition coefficient (Wildman–Crippen LogP) is 2.04. The number of nitrogens with zero attached hydrogens (tertiary/aromatic N) is 2. The Kier molecular flexibility index (Phi) is 5.30. The molecule has 1 heterocycles. The molecular weight excluding hydrogens is 264 g/mol. The SMILES string of the molecule is N#Cc1ccc(/C=C/C(=O)NCCCc2ncc[nH]2)cc1. The molecule has 5 heteroatoms. The summed E-state index contributed by atoms with van der Waals surface area (Å²) in [6.07, 6.45) is 8.37. The number of benzene rings is 1. The van der Waals surface area contributed by atoms with Crippen molar-refractivity contribution in [3.05, 3.63) is 59.7 Å². The second kappa shape index (κ2) is 7.65. The van der Waals surface area contributed by atoms with Crippen LogP contribution in [0.2, 0.25) is 0 Å². The zero-order valence-corrected chi connectivity index (χ0v) is 11.5. The van der Waals surface area contributed by atoms with Gasteiger partial charge in [-0.25, -0.2) is 4.98 Å². The number of hydrogen-bond donors (Lipinski definition) is 2. The van der Waals surface area contributed by atoms with Gasteiger partial charge in [0.2, 0.25) is 5.91 Å². The van der Waals surface area contributed by atoms with Crippen molar-refractivity contribution in [2.75, 3.05) is 6.54 Å². The van der Waals surface area contributed by atoms with E-state index in [0.717, 1.165) is 24.2 Å². The molecule has 106 valence electrons. The van der Waals surface area contributed by atoms with Crippen molar-refractivity contribution >= 4 is 12.0 Å². The van der Waals surface area contributed by atoms with Gasteiger partial charge in [0.25, 0.3) is 0 Å². The molecule has 2 rings (SSSR count). The number of nitriles is 1. The van der Waals surface area contributed by atoms with E-state index in [1.165, 1.54) is 6.08 Å². The van der Waals surface area contributed by atoms with Gasteiger partial charge in [-0.05, 0) is 30.2 Å². The molecule has 0 spiro atoms. The fraction of sp³-hybridized carbons (Fsp3) is 0.188. The second-order valence-corrected chi connectivity index (χ2v) is 4.50. The summed E-state index contributed by atoms with van der Waals surface area (Å²) in [6.45, 7) is 0.608. The van der Waals surface area contributed by atoms with Crippen molar-refractivity contribution in [3.63, 3.8) is 0 Å². The van der Waals surface area contributed by atoms with E-state index in [1.54, 1.807) is 42.7 Å². The molecule has 0 aliphatic heterocycles. The molecule has 2 N–H and O–H groups in total. The number of aromatic amines is 1. The molecule has 1 amide bonds. The van der Waals surface area contributed by atoms with Crippen LogP contribution in [0.1, 0.15) is 23.4 Å². The molecule has 5 nitrogen and oxygen atoms in total. The van der Waals surface area contributed by atoms with Crippen LogP contribution < -0.4 is 5.32 Å². The Morgan fingerprint density at radius 3 is 2.86 bits per heavy atom. The summed E-state index contributed by atoms with van der Waals surface area (Å²) in [7, 11) is 0. The van der Waals surface area contributed by atoms with Crippen molar-refractivity contribution in [2.24, 2.45) is 0 Å². The summed E-state index contributed by atoms with van der Waals surface area (Å²) in [5, 5.41) is 11.5. The first kappa shape index (κ1) is 14.5. The molecule has 0 saturated heterocycles. The Balaban J connectivity index is 1.71. The molecule has 0 bridgehead atoms. The molecule has 0 aliphatic carbocycles. The fourth-order valence-corrected chi connectivity index (χ4v) is 1.80. The maximum atomic E-state index is 11.6. The van der Waals surface area contributed by atoms with E-state index in [2.05, 4.69) is 21.4 Å². The lowest BCUT2D eigenvalue weighted by Gasteiger charge is -2.00. The summed E-state index contributed by atoms with van der Waals surface area (Å²) < 4.78 is 0. The van der Waals surface area contributed by atoms with E-state index in [4.69, 9.17) is 5.26 Å². The summed E-state index contributed by atoms with van der Waals surface area (Å²) in [5.74, 6) is 0.802. The van der Waals surface area contributed by atoms with Gasteiger partial charge in [0.05, 0.1) is 11.6 Å². The number of carbonyl (C=O) groups excluding carboxylic acids is 1. The highest BCUT2D eigenvalue weighted by Crippen LogP contribution is 2.04. The summed E-state index contributed by atoms with van der Waals surface area (Å²) in [4.78, 5) is 18.8. The number of H-pyrrole nitrogens is 1. The highest BCUT2D eigenvalue weighted by molar-refractivity contribution is 5.91. The van der Waals surface area contributed by atoms with Crippen LogP contribution in [0.4, 0.5) is 0 Å². The number of rotatable bonds is 6. The molecule has 21 heavy (non-hydrogen) atoms. The van der Waals surface area contributed by atoms with Crippen LogP contribution in [-0.4, -0.2) is 22.4 Å². The van der Waals surface area contributed by atoms with E-state index in [9.17, 15) is 4.79 Å². The first-order valence-corrected chi connectivity index (χ1v) is 6.72. The topological polar surface area (TPSA) is 81.6 Å². The zero-order chi connectivity index (χ0) is 14.9. The lowest BCUT2D eigenvalue weighted by molar-refractivity contribution is -0.116. The van der Waals surface area contributed by atoms with Gasteiger partial charge in [-0.1, -0.05) is 12.1 Å². The monoisotopic (exact) mass is 280 g/mol. The minimum absolute atomic E-state index is 0.126. The van der Waals surface area contributed by atoms with Crippen LogP contribution in [-0.2, 0) is 11.2 Å². The number of amides is 1. The van der Waals surface area contributed by atoms with Gasteiger partial charge in [0.1, 0.15) is 5.82 Å². The fourth-order valence-electron chi connectivity index (χ4n) is 1.80. The minimum Gasteiger partial charge on any atom is -0.353 e. The normalized spacial score (nSPS) is 10.4. The van der Waals surface area contributed by atoms with Crippen LogP contribution in [0.3, 0.4) is 0 Å². The van der Waals surface area contributed by atoms with Gasteiger partial charge in [-0.3, -0.25) is 4.79 Å². The number of carbonyl (C=O) groups is 1. The molecular formula is C16H16N4O. The van der Waals surface area contributed by atoms with Gasteiger partial charge >= 0.3 is 0 Å². The Hall–Kier alpha value is -2.87. The van der Waals surface area contributed by atoms with Gasteiger partial charge in [0.15, 0.2) is 0 Å². The Labute approximate surface area is 123 Å². The summed E-state index contributed by atoms with van der Waals surface area (Å²) in [6, 6.07) is 9.11. The van der Waals surface area contributed by atoms with Crippen molar-refractivity contribution in [1.82, 2.24) is 15.3 Å². The van der Waals surface area contributed by atoms with Crippen molar-refractivity contribution in [1.29, 1.82) is 5.26 Å². The number of hydrogen-bond acceptors (Lipinski definition) is 3. The van der Waals surface area contributed by atoms with Crippen molar-refractivity contribution in [2.45, 2.75) is 12.8 Å². The average molecular weight is 280 g/mol. The number of imidazole rings is 1. The summed E-state index contributed by atoms with van der Waals surface area (Å²) in [5.41, 5.74) is 1.49. The van der Waals surface area contributed by atoms with Crippen LogP contribution in [0.15, 0.2) is 42.7 Å². The number of aryl methyl sites for hydroxylation is 1. The third-order valence-electron chi connectivity index (χ3n) is 2.91. The van der Waals surface area contributed by atoms with Crippen molar-refractivity contribution < 1.29 is 4.79 Å². The third kappa shape index (κ3) is 4.96. The molecule has 1 aromatic carbocycles. The number of aromatic nitrogens is 2. The highest BCUT2D eigenvalue weighted by Gasteiger charge is 1.97. The molecule has 0 saturated carbocycles. The largest absolute Gasteiger partial charge is 0.353 e. The van der Waals surface area contributed by atoms with Gasteiger partial charge < -0.3 is 10.3 Å². The van der Waals surface area contributed by atoms with E-state index >= 15 is 0 Å². The molecule has 0 unspecified atom stereocenters. The maximum Gasteiger partial charge on any atom is 0.243 e. The Morgan fingerprint density at radius 1 is 1.38 bits per heavy atom. The van der Waals surface area contributed by atoms with E-state index < -0.39 is 0 Å². The zero-order valence-electron chi connectivity index (χ0n) is 11.5. The van der Waals surface area contributed by atoms with E-state index in [0.29, 0.717) is 12.1 Å². The molecule has 0 aliphatic rings. The third-order valence-corrected chi connectivity index (χ3v) is 2.91. The lowest BCUT2D eigenvalue weighted by atomic mass is 10.1. The van der Waals surface area contributed by atoms with Gasteiger partial charge in [-0.15, -0.1) is 0 Å². The van der Waals surface area contributed by atoms with Crippen molar-refractivity contribution in [3.8, 4) is 6.07 Å². The molecule has 1 aromatic heterocycles. The summed E-state index contributed by atoms with van der Waals surface area (Å²) >= 11 is 0. The van der Waals surface area contributed by atoms with E-state index in [1.807, 2.05) is 0 Å². The average Bonchev–Trinajstić information content (AvgIpc) is 3.03. The maximum absolute atomic E-state index is 11.6. The second-order valence-electron chi connectivity index (χ2n) is 4.50. The number of nitrogens with one attached hydrogen (secondary N) is 2. The molecule has 2 aromatic rings. The van der Waals surface area contributed by atoms with Gasteiger partial charge in [-0.2, -0.15) is 5.26 Å². The highest BCUT2D eigenvalue weighted by atomic mass is 16.1. The van der Waals surface area contributed by atoms with Crippen LogP contribution in [0.25, 0.3) is 6.08 Å².